The first kappa shape index (κ1) is 9.54. The van der Waals surface area contributed by atoms with Gasteiger partial charge < -0.3 is 21.1 Å². The molecule has 0 unspecified atom stereocenters. The van der Waals surface area contributed by atoms with E-state index < -0.39 is 12.1 Å². The van der Waals surface area contributed by atoms with Gasteiger partial charge in [0.1, 0.15) is 0 Å². The Morgan fingerprint density at radius 3 is 2.93 bits per heavy atom. The van der Waals surface area contributed by atoms with Crippen LogP contribution in [0.2, 0.25) is 0 Å². The Kier molecular flexibility index (Phi) is 2.31. The first-order valence-corrected chi connectivity index (χ1v) is 4.49. The molecule has 1 heterocycles. The van der Waals surface area contributed by atoms with Gasteiger partial charge in [-0.25, -0.2) is 4.79 Å². The lowest BCUT2D eigenvalue weighted by Crippen LogP contribution is -2.37. The van der Waals surface area contributed by atoms with Crippen molar-refractivity contribution in [2.75, 3.05) is 5.32 Å². The number of aliphatic carboxylic acids is 1. The van der Waals surface area contributed by atoms with Crippen LogP contribution in [0.4, 0.5) is 5.69 Å². The van der Waals surface area contributed by atoms with Gasteiger partial charge in [-0.2, -0.15) is 0 Å². The molecule has 78 valence electrons. The van der Waals surface area contributed by atoms with Gasteiger partial charge in [0.15, 0.2) is 6.17 Å². The number of carboxylic acid groups (broad SMARTS) is 1. The van der Waals surface area contributed by atoms with Crippen molar-refractivity contribution in [2.45, 2.75) is 6.17 Å². The van der Waals surface area contributed by atoms with Gasteiger partial charge in [0, 0.05) is 17.1 Å². The number of para-hydroxylation sites is 1. The molecular weight excluding hydrogens is 194 g/mol. The summed E-state index contributed by atoms with van der Waals surface area (Å²) in [6.07, 6.45) is 0.609. The Morgan fingerprint density at radius 1 is 1.47 bits per heavy atom. The lowest BCUT2D eigenvalue weighted by atomic mass is 10.2. The van der Waals surface area contributed by atoms with Crippen LogP contribution in [0.5, 0.6) is 0 Å². The number of hydrogen-bond acceptors (Lipinski definition) is 3. The van der Waals surface area contributed by atoms with Crippen LogP contribution < -0.4 is 11.1 Å². The van der Waals surface area contributed by atoms with E-state index in [0.717, 1.165) is 10.9 Å². The summed E-state index contributed by atoms with van der Waals surface area (Å²) in [5.74, 6) is -1.08. The van der Waals surface area contributed by atoms with Gasteiger partial charge in [0.05, 0.1) is 5.69 Å². The summed E-state index contributed by atoms with van der Waals surface area (Å²) in [6.45, 7) is 0. The predicted octanol–water partition coefficient (Wildman–Crippen LogP) is 0.949. The second-order valence-electron chi connectivity index (χ2n) is 3.21. The maximum Gasteiger partial charge on any atom is 0.341 e. The first-order chi connectivity index (χ1) is 7.18. The number of benzene rings is 1. The lowest BCUT2D eigenvalue weighted by molar-refractivity contribution is -0.137. The minimum absolute atomic E-state index is 0.695. The molecule has 2 aromatic rings. The number of carboxylic acids is 1. The molecule has 0 aliphatic rings. The number of aromatic nitrogens is 1. The van der Waals surface area contributed by atoms with E-state index >= 15 is 0 Å². The molecule has 1 aromatic heterocycles. The third-order valence-corrected chi connectivity index (χ3v) is 2.17. The Hall–Kier alpha value is -2.01. The van der Waals surface area contributed by atoms with Crippen molar-refractivity contribution in [1.82, 2.24) is 4.98 Å². The molecule has 1 aromatic carbocycles. The number of nitrogens with one attached hydrogen (secondary N) is 2. The largest absolute Gasteiger partial charge is 0.479 e. The molecule has 0 aliphatic carbocycles. The highest BCUT2D eigenvalue weighted by atomic mass is 16.4. The van der Waals surface area contributed by atoms with Gasteiger partial charge >= 0.3 is 5.97 Å². The van der Waals surface area contributed by atoms with Gasteiger partial charge in [-0.15, -0.1) is 0 Å². The summed E-state index contributed by atoms with van der Waals surface area (Å²) >= 11 is 0. The average Bonchev–Trinajstić information content (AvgIpc) is 2.62. The van der Waals surface area contributed by atoms with Crippen molar-refractivity contribution in [3.8, 4) is 0 Å². The van der Waals surface area contributed by atoms with Crippen LogP contribution in [0.25, 0.3) is 10.9 Å². The number of carbonyl (C=O) groups is 1. The molecule has 5 heteroatoms. The van der Waals surface area contributed by atoms with Gasteiger partial charge in [-0.05, 0) is 6.07 Å². The molecule has 5 N–H and O–H groups in total. The van der Waals surface area contributed by atoms with Gasteiger partial charge in [0.2, 0.25) is 0 Å². The minimum Gasteiger partial charge on any atom is -0.479 e. The van der Waals surface area contributed by atoms with Crippen LogP contribution in [0.3, 0.4) is 0 Å². The summed E-state index contributed by atoms with van der Waals surface area (Å²) in [5, 5.41) is 12.3. The van der Waals surface area contributed by atoms with E-state index in [1.165, 1.54) is 0 Å². The van der Waals surface area contributed by atoms with Crippen molar-refractivity contribution in [3.63, 3.8) is 0 Å². The van der Waals surface area contributed by atoms with Crippen LogP contribution >= 0.6 is 0 Å². The Bertz CT molecular complexity index is 492. The van der Waals surface area contributed by atoms with Crippen LogP contribution in [-0.2, 0) is 4.79 Å². The smallest absolute Gasteiger partial charge is 0.341 e. The third kappa shape index (κ3) is 1.77. The van der Waals surface area contributed by atoms with Gasteiger partial charge in [-0.3, -0.25) is 0 Å². The molecule has 0 amide bonds. The summed E-state index contributed by atoms with van der Waals surface area (Å²) in [5.41, 5.74) is 7.01. The molecule has 0 saturated heterocycles. The third-order valence-electron chi connectivity index (χ3n) is 2.17. The van der Waals surface area contributed by atoms with E-state index in [4.69, 9.17) is 10.8 Å². The first-order valence-electron chi connectivity index (χ1n) is 4.49. The maximum atomic E-state index is 10.6. The van der Waals surface area contributed by atoms with E-state index in [9.17, 15) is 4.79 Å². The van der Waals surface area contributed by atoms with E-state index in [-0.39, 0.29) is 0 Å². The highest BCUT2D eigenvalue weighted by molar-refractivity contribution is 5.93. The summed E-state index contributed by atoms with van der Waals surface area (Å²) < 4.78 is 0. The van der Waals surface area contributed by atoms with Crippen LogP contribution in [0.15, 0.2) is 30.5 Å². The number of nitrogens with two attached hydrogens (primary N) is 1. The molecule has 2 rings (SSSR count). The van der Waals surface area contributed by atoms with Crippen LogP contribution in [0.1, 0.15) is 0 Å². The quantitative estimate of drug-likeness (QED) is 0.561. The standard InChI is InChI=1S/C10H11N3O2/c11-9(10(14)15)13-8-5-12-7-4-2-1-3-6(7)8/h1-5,9,12-13H,11H2,(H,14,15)/t9-/m0/s1. The summed E-state index contributed by atoms with van der Waals surface area (Å²) in [4.78, 5) is 13.6. The monoisotopic (exact) mass is 205 g/mol. The fourth-order valence-electron chi connectivity index (χ4n) is 1.42. The highest BCUT2D eigenvalue weighted by Crippen LogP contribution is 2.22. The van der Waals surface area contributed by atoms with E-state index in [0.29, 0.717) is 5.69 Å². The SMILES string of the molecule is N[C@@H](Nc1c[nH]c2ccccc12)C(=O)O. The minimum atomic E-state index is -1.09. The van der Waals surface area contributed by atoms with Gasteiger partial charge in [0.25, 0.3) is 0 Å². The fraction of sp³-hybridized carbons (Fsp3) is 0.100. The molecule has 0 spiro atoms. The van der Waals surface area contributed by atoms with Crippen molar-refractivity contribution in [1.29, 1.82) is 0 Å². The zero-order chi connectivity index (χ0) is 10.8. The highest BCUT2D eigenvalue weighted by Gasteiger charge is 2.12. The molecule has 5 nitrogen and oxygen atoms in total. The molecular formula is C10H11N3O2. The van der Waals surface area contributed by atoms with Crippen molar-refractivity contribution >= 4 is 22.6 Å². The number of rotatable bonds is 3. The van der Waals surface area contributed by atoms with Crippen LogP contribution in [-0.4, -0.2) is 22.2 Å². The number of aromatic amines is 1. The maximum absolute atomic E-state index is 10.6. The molecule has 0 bridgehead atoms. The second kappa shape index (κ2) is 3.62. The molecule has 0 radical (unpaired) electrons. The Labute approximate surface area is 85.9 Å². The Morgan fingerprint density at radius 2 is 2.20 bits per heavy atom. The van der Waals surface area contributed by atoms with E-state index in [2.05, 4.69) is 10.3 Å². The number of anilines is 1. The number of hydrogen-bond donors (Lipinski definition) is 4. The predicted molar refractivity (Wildman–Crippen MR) is 57.5 cm³/mol. The summed E-state index contributed by atoms with van der Waals surface area (Å²) in [7, 11) is 0. The zero-order valence-electron chi connectivity index (χ0n) is 7.90. The lowest BCUT2D eigenvalue weighted by Gasteiger charge is -2.08. The van der Waals surface area contributed by atoms with Crippen molar-refractivity contribution in [2.24, 2.45) is 5.73 Å². The van der Waals surface area contributed by atoms with E-state index in [1.807, 2.05) is 24.3 Å². The fourth-order valence-corrected chi connectivity index (χ4v) is 1.42. The van der Waals surface area contributed by atoms with Crippen LogP contribution in [0, 0.1) is 0 Å². The van der Waals surface area contributed by atoms with Gasteiger partial charge in [-0.1, -0.05) is 18.2 Å². The molecule has 0 saturated carbocycles. The number of fused-ring (bicyclic) bond motifs is 1. The normalized spacial score (nSPS) is 12.6. The summed E-state index contributed by atoms with van der Waals surface area (Å²) in [6, 6.07) is 7.59. The second-order valence-corrected chi connectivity index (χ2v) is 3.21. The number of H-pyrrole nitrogens is 1. The van der Waals surface area contributed by atoms with Crippen molar-refractivity contribution in [3.05, 3.63) is 30.5 Å². The molecule has 0 fully saturated rings. The average molecular weight is 205 g/mol. The Balaban J connectivity index is 2.32. The topological polar surface area (TPSA) is 91.1 Å². The molecule has 0 aliphatic heterocycles. The zero-order valence-corrected chi connectivity index (χ0v) is 7.90. The molecule has 15 heavy (non-hydrogen) atoms. The molecule has 1 atom stereocenters. The van der Waals surface area contributed by atoms with E-state index in [1.54, 1.807) is 6.20 Å². The van der Waals surface area contributed by atoms with Crippen molar-refractivity contribution < 1.29 is 9.90 Å².